The molecule has 0 spiro atoms. The van der Waals surface area contributed by atoms with Crippen molar-refractivity contribution in [2.24, 2.45) is 9.50 Å². The third-order valence-corrected chi connectivity index (χ3v) is 7.14. The number of rotatable bonds is 7. The lowest BCUT2D eigenvalue weighted by Gasteiger charge is -2.24. The lowest BCUT2D eigenvalue weighted by atomic mass is 9.95. The van der Waals surface area contributed by atoms with Gasteiger partial charge in [0.25, 0.3) is 10.0 Å². The molecule has 8 nitrogen and oxygen atoms in total. The van der Waals surface area contributed by atoms with E-state index in [1.54, 1.807) is 31.5 Å². The molecule has 0 bridgehead atoms. The van der Waals surface area contributed by atoms with Gasteiger partial charge in [-0.15, -0.1) is 4.40 Å². The maximum atomic E-state index is 12.6. The van der Waals surface area contributed by atoms with Gasteiger partial charge in [-0.1, -0.05) is 43.5 Å². The molecule has 1 N–H and O–H groups in total. The highest BCUT2D eigenvalue weighted by Gasteiger charge is 2.32. The Labute approximate surface area is 194 Å². The maximum Gasteiger partial charge on any atom is 0.285 e. The molecule has 4 rings (SSSR count). The molecular weight excluding hydrogens is 440 g/mol. The number of amides is 1. The molecule has 2 aliphatic rings. The van der Waals surface area contributed by atoms with Gasteiger partial charge in [-0.25, -0.2) is 5.01 Å². The summed E-state index contributed by atoms with van der Waals surface area (Å²) < 4.78 is 34.4. The summed E-state index contributed by atoms with van der Waals surface area (Å²) in [6, 6.07) is 14.2. The molecule has 0 atom stereocenters. The van der Waals surface area contributed by atoms with E-state index < -0.39 is 10.0 Å². The van der Waals surface area contributed by atoms with Gasteiger partial charge >= 0.3 is 0 Å². The number of nitrogens with one attached hydrogen (secondary N) is 1. The van der Waals surface area contributed by atoms with Gasteiger partial charge in [0.1, 0.15) is 10.6 Å². The van der Waals surface area contributed by atoms with Crippen LogP contribution >= 0.6 is 0 Å². The Morgan fingerprint density at radius 2 is 1.97 bits per heavy atom. The van der Waals surface area contributed by atoms with Crippen LogP contribution in [0.15, 0.2) is 62.9 Å². The van der Waals surface area contributed by atoms with E-state index in [0.29, 0.717) is 11.3 Å². The number of ether oxygens (including phenoxy) is 1. The van der Waals surface area contributed by atoms with Crippen LogP contribution < -0.4 is 10.1 Å². The Morgan fingerprint density at radius 3 is 2.76 bits per heavy atom. The molecule has 0 radical (unpaired) electrons. The number of hydrazone groups is 1. The van der Waals surface area contributed by atoms with E-state index in [-0.39, 0.29) is 35.6 Å². The van der Waals surface area contributed by atoms with Crippen LogP contribution in [0.25, 0.3) is 0 Å². The van der Waals surface area contributed by atoms with Crippen molar-refractivity contribution in [3.63, 3.8) is 0 Å². The summed E-state index contributed by atoms with van der Waals surface area (Å²) in [5, 5.41) is 9.10. The number of carbonyl (C=O) groups is 1. The SMILES string of the molecule is COc1cccc(/C=N/N(CCC(=O)NC2CCCCC2)C2=NS(=O)(=O)c3ccccc32)c1. The highest BCUT2D eigenvalue weighted by molar-refractivity contribution is 7.90. The molecule has 1 fully saturated rings. The quantitative estimate of drug-likeness (QED) is 0.496. The zero-order valence-corrected chi connectivity index (χ0v) is 19.4. The fraction of sp³-hybridized carbons (Fsp3) is 0.375. The smallest absolute Gasteiger partial charge is 0.285 e. The topological polar surface area (TPSA) is 100 Å². The minimum atomic E-state index is -3.80. The molecule has 1 saturated carbocycles. The highest BCUT2D eigenvalue weighted by atomic mass is 32.2. The second-order valence-corrected chi connectivity index (χ2v) is 9.76. The van der Waals surface area contributed by atoms with E-state index in [9.17, 15) is 13.2 Å². The van der Waals surface area contributed by atoms with Crippen LogP contribution in [0.4, 0.5) is 0 Å². The fourth-order valence-corrected chi connectivity index (χ4v) is 5.31. The van der Waals surface area contributed by atoms with Crippen LogP contribution in [0.5, 0.6) is 5.75 Å². The number of hydrogen-bond donors (Lipinski definition) is 1. The third-order valence-electron chi connectivity index (χ3n) is 5.82. The van der Waals surface area contributed by atoms with Crippen LogP contribution in [0.2, 0.25) is 0 Å². The van der Waals surface area contributed by atoms with Gasteiger partial charge in [0.15, 0.2) is 5.84 Å². The van der Waals surface area contributed by atoms with Crippen molar-refractivity contribution in [1.29, 1.82) is 0 Å². The fourth-order valence-electron chi connectivity index (χ4n) is 4.11. The van der Waals surface area contributed by atoms with Crippen molar-refractivity contribution < 1.29 is 17.9 Å². The normalized spacial score (nSPS) is 17.4. The summed E-state index contributed by atoms with van der Waals surface area (Å²) in [6.07, 6.45) is 7.27. The van der Waals surface area contributed by atoms with E-state index in [1.165, 1.54) is 17.5 Å². The number of fused-ring (bicyclic) bond motifs is 1. The van der Waals surface area contributed by atoms with E-state index in [1.807, 2.05) is 24.3 Å². The molecule has 0 saturated heterocycles. The summed E-state index contributed by atoms with van der Waals surface area (Å²) in [7, 11) is -2.22. The number of carbonyl (C=O) groups excluding carboxylic acids is 1. The van der Waals surface area contributed by atoms with Gasteiger partial charge in [-0.2, -0.15) is 13.5 Å². The Bertz CT molecular complexity index is 1170. The number of methoxy groups -OCH3 is 1. The predicted octanol–water partition coefficient (Wildman–Crippen LogP) is 3.32. The first kappa shape index (κ1) is 23.0. The first-order valence-electron chi connectivity index (χ1n) is 11.2. The number of amidine groups is 1. The number of sulfonamides is 1. The number of hydrogen-bond acceptors (Lipinski definition) is 6. The van der Waals surface area contributed by atoms with Gasteiger partial charge < -0.3 is 10.1 Å². The molecule has 2 aromatic rings. The van der Waals surface area contributed by atoms with E-state index >= 15 is 0 Å². The molecule has 1 heterocycles. The van der Waals surface area contributed by atoms with Gasteiger partial charge in [0.05, 0.1) is 19.9 Å². The summed E-state index contributed by atoms with van der Waals surface area (Å²) in [5.41, 5.74) is 1.26. The van der Waals surface area contributed by atoms with Crippen molar-refractivity contribution in [3.8, 4) is 5.75 Å². The Morgan fingerprint density at radius 1 is 1.18 bits per heavy atom. The molecule has 33 heavy (non-hydrogen) atoms. The average Bonchev–Trinajstić information content (AvgIpc) is 3.11. The summed E-state index contributed by atoms with van der Waals surface area (Å²) in [4.78, 5) is 12.7. The lowest BCUT2D eigenvalue weighted by Crippen LogP contribution is -2.38. The molecule has 174 valence electrons. The predicted molar refractivity (Wildman–Crippen MR) is 127 cm³/mol. The first-order chi connectivity index (χ1) is 16.0. The van der Waals surface area contributed by atoms with E-state index in [4.69, 9.17) is 4.74 Å². The minimum absolute atomic E-state index is 0.0711. The molecule has 1 aliphatic heterocycles. The molecule has 1 amide bonds. The van der Waals surface area contributed by atoms with Crippen LogP contribution in [0, 0.1) is 0 Å². The van der Waals surface area contributed by atoms with Crippen molar-refractivity contribution >= 4 is 28.0 Å². The first-order valence-corrected chi connectivity index (χ1v) is 12.6. The molecule has 1 aliphatic carbocycles. The zero-order chi connectivity index (χ0) is 23.3. The Kier molecular flexibility index (Phi) is 7.08. The summed E-state index contributed by atoms with van der Waals surface area (Å²) in [5.74, 6) is 0.830. The minimum Gasteiger partial charge on any atom is -0.497 e. The van der Waals surface area contributed by atoms with Crippen molar-refractivity contribution in [2.75, 3.05) is 13.7 Å². The van der Waals surface area contributed by atoms with Gasteiger partial charge in [-0.3, -0.25) is 4.79 Å². The van der Waals surface area contributed by atoms with Crippen LogP contribution in [0.1, 0.15) is 49.7 Å². The standard InChI is InChI=1S/C24H28N4O4S/c1-32-20-11-7-8-18(16-20)17-25-28(15-14-23(29)26-19-9-3-2-4-10-19)24-21-12-5-6-13-22(21)33(30,31)27-24/h5-8,11-13,16-17,19H,2-4,9-10,14-15H2,1H3,(H,26,29)/b25-17+. The summed E-state index contributed by atoms with van der Waals surface area (Å²) >= 11 is 0. The lowest BCUT2D eigenvalue weighted by molar-refractivity contribution is -0.122. The van der Waals surface area contributed by atoms with Crippen LogP contribution in [-0.2, 0) is 14.8 Å². The average molecular weight is 469 g/mol. The Hall–Kier alpha value is -3.20. The maximum absolute atomic E-state index is 12.6. The molecule has 2 aromatic carbocycles. The van der Waals surface area contributed by atoms with Crippen molar-refractivity contribution in [3.05, 3.63) is 59.7 Å². The second-order valence-electron chi connectivity index (χ2n) is 8.18. The molecule has 0 aromatic heterocycles. The van der Waals surface area contributed by atoms with Gasteiger partial charge in [0, 0.05) is 18.0 Å². The monoisotopic (exact) mass is 468 g/mol. The van der Waals surface area contributed by atoms with E-state index in [2.05, 4.69) is 14.8 Å². The van der Waals surface area contributed by atoms with Gasteiger partial charge in [0.2, 0.25) is 5.91 Å². The van der Waals surface area contributed by atoms with Gasteiger partial charge in [-0.05, 0) is 42.7 Å². The zero-order valence-electron chi connectivity index (χ0n) is 18.6. The van der Waals surface area contributed by atoms with E-state index in [0.717, 1.165) is 31.2 Å². The van der Waals surface area contributed by atoms with Crippen LogP contribution in [0.3, 0.4) is 0 Å². The number of benzene rings is 2. The Balaban J connectivity index is 1.56. The van der Waals surface area contributed by atoms with Crippen molar-refractivity contribution in [1.82, 2.24) is 10.3 Å². The molecular formula is C24H28N4O4S. The highest BCUT2D eigenvalue weighted by Crippen LogP contribution is 2.28. The molecule has 9 heteroatoms. The largest absolute Gasteiger partial charge is 0.497 e. The third kappa shape index (κ3) is 5.60. The summed E-state index contributed by atoms with van der Waals surface area (Å²) in [6.45, 7) is 0.196. The number of nitrogens with zero attached hydrogens (tertiary/aromatic N) is 3. The second kappa shape index (κ2) is 10.2. The molecule has 0 unspecified atom stereocenters. The van der Waals surface area contributed by atoms with Crippen molar-refractivity contribution in [2.45, 2.75) is 49.5 Å². The van der Waals surface area contributed by atoms with Crippen LogP contribution in [-0.4, -0.2) is 51.1 Å².